The monoisotopic (exact) mass is 509 g/mol. The first-order valence-electron chi connectivity index (χ1n) is 13.0. The molecule has 2 fully saturated rings. The Hall–Kier alpha value is -2.66. The fourth-order valence-corrected chi connectivity index (χ4v) is 5.38. The van der Waals surface area contributed by atoms with Crippen molar-refractivity contribution in [1.29, 1.82) is 5.26 Å². The molecule has 0 N–H and O–H groups in total. The largest absolute Gasteiger partial charge is 0.493 e. The minimum Gasteiger partial charge on any atom is -0.493 e. The van der Waals surface area contributed by atoms with Crippen molar-refractivity contribution < 1.29 is 9.47 Å². The molecule has 8 heteroatoms. The quantitative estimate of drug-likeness (QED) is 0.405. The molecule has 3 aromatic rings. The molecule has 0 amide bonds. The summed E-state index contributed by atoms with van der Waals surface area (Å²) in [6.07, 6.45) is 8.03. The first kappa shape index (κ1) is 26.4. The standard InChI is InChI=1S/C28H35N5O2.ClH/c1-3-32-12-8-21(9-13-32)11-16-35-25-7-6-22(17-20(25)2)27-24-10-14-33(19-23-5-4-15-34-23)28(24)31-26(18-29)30-27;/h6-7,10,14,17,21,23H,3-5,8-9,11-13,15-16,19H2,1-2H3;1H. The highest BCUT2D eigenvalue weighted by Crippen LogP contribution is 2.31. The first-order valence-corrected chi connectivity index (χ1v) is 13.0. The number of piperidine rings is 1. The van der Waals surface area contributed by atoms with Gasteiger partial charge in [-0.05, 0) is 94.4 Å². The fraction of sp³-hybridized carbons (Fsp3) is 0.536. The molecule has 0 bridgehead atoms. The number of rotatable bonds is 8. The summed E-state index contributed by atoms with van der Waals surface area (Å²) in [6.45, 7) is 10.2. The minimum absolute atomic E-state index is 0. The Morgan fingerprint density at radius 2 is 2.00 bits per heavy atom. The summed E-state index contributed by atoms with van der Waals surface area (Å²) in [5, 5.41) is 10.5. The molecule has 0 saturated carbocycles. The van der Waals surface area contributed by atoms with Crippen LogP contribution in [0.5, 0.6) is 5.75 Å². The maximum Gasteiger partial charge on any atom is 0.234 e. The molecular weight excluding hydrogens is 474 g/mol. The van der Waals surface area contributed by atoms with Crippen LogP contribution in [0.25, 0.3) is 22.3 Å². The molecule has 2 aliphatic heterocycles. The first-order chi connectivity index (χ1) is 17.1. The van der Waals surface area contributed by atoms with E-state index >= 15 is 0 Å². The number of nitriles is 1. The van der Waals surface area contributed by atoms with Crippen molar-refractivity contribution in [3.8, 4) is 23.1 Å². The summed E-state index contributed by atoms with van der Waals surface area (Å²) in [4.78, 5) is 11.6. The van der Waals surface area contributed by atoms with Gasteiger partial charge >= 0.3 is 0 Å². The zero-order valence-electron chi connectivity index (χ0n) is 21.3. The van der Waals surface area contributed by atoms with Crippen LogP contribution < -0.4 is 4.74 Å². The Kier molecular flexibility index (Phi) is 8.84. The number of halogens is 1. The van der Waals surface area contributed by atoms with Gasteiger partial charge in [0.15, 0.2) is 0 Å². The number of aryl methyl sites for hydroxylation is 1. The summed E-state index contributed by atoms with van der Waals surface area (Å²) < 4.78 is 14.1. The highest BCUT2D eigenvalue weighted by Gasteiger charge is 2.20. The van der Waals surface area contributed by atoms with Crippen LogP contribution in [0.15, 0.2) is 30.5 Å². The van der Waals surface area contributed by atoms with Gasteiger partial charge in [0, 0.05) is 23.8 Å². The van der Waals surface area contributed by atoms with E-state index in [2.05, 4.69) is 45.4 Å². The SMILES string of the molecule is CCN1CCC(CCOc2ccc(-c3nc(C#N)nc4c3ccn4CC3CCCO3)cc2C)CC1.Cl. The second-order valence-corrected chi connectivity index (χ2v) is 9.84. The molecule has 5 rings (SSSR count). The van der Waals surface area contributed by atoms with Gasteiger partial charge in [-0.2, -0.15) is 5.26 Å². The number of nitrogens with zero attached hydrogens (tertiary/aromatic N) is 5. The average Bonchev–Trinajstić information content (AvgIpc) is 3.55. The molecule has 36 heavy (non-hydrogen) atoms. The van der Waals surface area contributed by atoms with Gasteiger partial charge < -0.3 is 18.9 Å². The maximum absolute atomic E-state index is 9.58. The molecule has 2 aliphatic rings. The molecule has 1 atom stereocenters. The molecule has 0 spiro atoms. The zero-order valence-corrected chi connectivity index (χ0v) is 22.1. The van der Waals surface area contributed by atoms with Gasteiger partial charge in [0.05, 0.1) is 24.9 Å². The second-order valence-electron chi connectivity index (χ2n) is 9.84. The van der Waals surface area contributed by atoms with E-state index in [0.29, 0.717) is 0 Å². The van der Waals surface area contributed by atoms with Crippen LogP contribution in [0, 0.1) is 24.2 Å². The van der Waals surface area contributed by atoms with Crippen molar-refractivity contribution in [2.75, 3.05) is 32.8 Å². The van der Waals surface area contributed by atoms with Crippen molar-refractivity contribution in [1.82, 2.24) is 19.4 Å². The molecule has 2 saturated heterocycles. The summed E-state index contributed by atoms with van der Waals surface area (Å²) >= 11 is 0. The lowest BCUT2D eigenvalue weighted by Crippen LogP contribution is -2.33. The van der Waals surface area contributed by atoms with Gasteiger partial charge in [-0.25, -0.2) is 9.97 Å². The fourth-order valence-electron chi connectivity index (χ4n) is 5.38. The number of fused-ring (bicyclic) bond motifs is 1. The summed E-state index contributed by atoms with van der Waals surface area (Å²) in [5.74, 6) is 1.86. The molecule has 2 aromatic heterocycles. The summed E-state index contributed by atoms with van der Waals surface area (Å²) in [5.41, 5.74) is 3.62. The lowest BCUT2D eigenvalue weighted by molar-refractivity contribution is 0.0979. The average molecular weight is 510 g/mol. The number of likely N-dealkylation sites (tertiary alicyclic amines) is 1. The predicted molar refractivity (Wildman–Crippen MR) is 144 cm³/mol. The van der Waals surface area contributed by atoms with Crippen molar-refractivity contribution in [2.45, 2.75) is 58.6 Å². The summed E-state index contributed by atoms with van der Waals surface area (Å²) in [6, 6.07) is 10.4. The smallest absolute Gasteiger partial charge is 0.234 e. The molecule has 1 aromatic carbocycles. The van der Waals surface area contributed by atoms with Gasteiger partial charge in [0.25, 0.3) is 0 Å². The van der Waals surface area contributed by atoms with Crippen LogP contribution in [-0.2, 0) is 11.3 Å². The van der Waals surface area contributed by atoms with E-state index < -0.39 is 0 Å². The van der Waals surface area contributed by atoms with E-state index in [1.54, 1.807) is 0 Å². The predicted octanol–water partition coefficient (Wildman–Crippen LogP) is 5.38. The van der Waals surface area contributed by atoms with Crippen molar-refractivity contribution in [2.24, 2.45) is 5.92 Å². The van der Waals surface area contributed by atoms with Crippen LogP contribution in [0.4, 0.5) is 0 Å². The van der Waals surface area contributed by atoms with Gasteiger partial charge in [-0.15, -0.1) is 12.4 Å². The number of benzene rings is 1. The molecular formula is C28H36ClN5O2. The third kappa shape index (κ3) is 5.83. The van der Waals surface area contributed by atoms with Gasteiger partial charge in [-0.1, -0.05) is 6.92 Å². The zero-order chi connectivity index (χ0) is 24.2. The Morgan fingerprint density at radius 1 is 1.17 bits per heavy atom. The summed E-state index contributed by atoms with van der Waals surface area (Å²) in [7, 11) is 0. The number of hydrogen-bond acceptors (Lipinski definition) is 6. The van der Waals surface area contributed by atoms with E-state index in [1.807, 2.05) is 24.4 Å². The van der Waals surface area contributed by atoms with E-state index in [-0.39, 0.29) is 24.3 Å². The Morgan fingerprint density at radius 3 is 2.69 bits per heavy atom. The molecule has 4 heterocycles. The van der Waals surface area contributed by atoms with E-state index in [9.17, 15) is 5.26 Å². The Balaban J connectivity index is 0.00000304. The number of aromatic nitrogens is 3. The normalized spacial score (nSPS) is 18.8. The number of ether oxygens (including phenoxy) is 2. The van der Waals surface area contributed by atoms with Crippen LogP contribution >= 0.6 is 12.4 Å². The molecule has 0 radical (unpaired) electrons. The van der Waals surface area contributed by atoms with Crippen LogP contribution in [0.2, 0.25) is 0 Å². The van der Waals surface area contributed by atoms with Crippen molar-refractivity contribution >= 4 is 23.4 Å². The molecule has 1 unspecified atom stereocenters. The second kappa shape index (κ2) is 12.1. The maximum atomic E-state index is 9.58. The van der Waals surface area contributed by atoms with Crippen molar-refractivity contribution in [3.63, 3.8) is 0 Å². The van der Waals surface area contributed by atoms with E-state index in [4.69, 9.17) is 9.47 Å². The van der Waals surface area contributed by atoms with Crippen LogP contribution in [0.3, 0.4) is 0 Å². The van der Waals surface area contributed by atoms with Gasteiger partial charge in [0.1, 0.15) is 17.5 Å². The third-order valence-corrected chi connectivity index (χ3v) is 7.53. The molecule has 7 nitrogen and oxygen atoms in total. The van der Waals surface area contributed by atoms with Crippen LogP contribution in [0.1, 0.15) is 50.4 Å². The van der Waals surface area contributed by atoms with Crippen molar-refractivity contribution in [3.05, 3.63) is 41.9 Å². The highest BCUT2D eigenvalue weighted by molar-refractivity contribution is 5.91. The van der Waals surface area contributed by atoms with Gasteiger partial charge in [0.2, 0.25) is 5.82 Å². The number of hydrogen-bond donors (Lipinski definition) is 0. The minimum atomic E-state index is 0. The lowest BCUT2D eigenvalue weighted by atomic mass is 9.94. The Labute approximate surface area is 219 Å². The van der Waals surface area contributed by atoms with E-state index in [1.165, 1.54) is 25.9 Å². The third-order valence-electron chi connectivity index (χ3n) is 7.53. The molecule has 192 valence electrons. The van der Waals surface area contributed by atoms with Crippen LogP contribution in [-0.4, -0.2) is 58.4 Å². The van der Waals surface area contributed by atoms with E-state index in [0.717, 1.165) is 85.1 Å². The topological polar surface area (TPSA) is 76.2 Å². The Bertz CT molecular complexity index is 1210. The van der Waals surface area contributed by atoms with Gasteiger partial charge in [-0.3, -0.25) is 0 Å². The molecule has 0 aliphatic carbocycles. The highest BCUT2D eigenvalue weighted by atomic mass is 35.5. The lowest BCUT2D eigenvalue weighted by Gasteiger charge is -2.30.